The Kier molecular flexibility index (Phi) is 6.21. The number of carbonyl (C=O) groups is 1. The molecule has 0 atom stereocenters. The van der Waals surface area contributed by atoms with Gasteiger partial charge < -0.3 is 16.0 Å². The van der Waals surface area contributed by atoms with Crippen LogP contribution >= 0.6 is 0 Å². The van der Waals surface area contributed by atoms with Crippen molar-refractivity contribution in [1.29, 1.82) is 0 Å². The summed E-state index contributed by atoms with van der Waals surface area (Å²) in [6.07, 6.45) is 0. The van der Waals surface area contributed by atoms with Crippen LogP contribution in [0.15, 0.2) is 6.07 Å². The highest BCUT2D eigenvalue weighted by molar-refractivity contribution is 5.80. The summed E-state index contributed by atoms with van der Waals surface area (Å²) in [7, 11) is 0. The van der Waals surface area contributed by atoms with E-state index in [9.17, 15) is 4.79 Å². The lowest BCUT2D eigenvalue weighted by atomic mass is 10.2. The van der Waals surface area contributed by atoms with Crippen LogP contribution in [-0.4, -0.2) is 35.0 Å². The lowest BCUT2D eigenvalue weighted by molar-refractivity contribution is -0.119. The van der Waals surface area contributed by atoms with Gasteiger partial charge >= 0.3 is 0 Å². The van der Waals surface area contributed by atoms with Crippen LogP contribution in [0.25, 0.3) is 0 Å². The van der Waals surface area contributed by atoms with Crippen LogP contribution in [0.1, 0.15) is 46.4 Å². The summed E-state index contributed by atoms with van der Waals surface area (Å²) in [5.41, 5.74) is 0. The molecule has 6 heteroatoms. The minimum absolute atomic E-state index is 0.0466. The monoisotopic (exact) mass is 279 g/mol. The maximum Gasteiger partial charge on any atom is 0.239 e. The van der Waals surface area contributed by atoms with Gasteiger partial charge in [0, 0.05) is 24.6 Å². The van der Waals surface area contributed by atoms with Gasteiger partial charge in [-0.2, -0.15) is 0 Å². The highest BCUT2D eigenvalue weighted by Crippen LogP contribution is 2.16. The van der Waals surface area contributed by atoms with Crippen LogP contribution in [-0.2, 0) is 4.79 Å². The van der Waals surface area contributed by atoms with Gasteiger partial charge in [0.2, 0.25) is 5.91 Å². The van der Waals surface area contributed by atoms with E-state index in [1.165, 1.54) is 0 Å². The van der Waals surface area contributed by atoms with E-state index in [1.807, 2.05) is 40.7 Å². The van der Waals surface area contributed by atoms with Crippen molar-refractivity contribution in [2.45, 2.75) is 46.6 Å². The molecule has 6 nitrogen and oxygen atoms in total. The van der Waals surface area contributed by atoms with E-state index in [0.717, 1.165) is 18.2 Å². The number of hydrogen-bond acceptors (Lipinski definition) is 5. The summed E-state index contributed by atoms with van der Waals surface area (Å²) >= 11 is 0. The number of rotatable bonds is 7. The first-order valence-corrected chi connectivity index (χ1v) is 7.08. The third kappa shape index (κ3) is 5.42. The van der Waals surface area contributed by atoms with E-state index in [2.05, 4.69) is 25.9 Å². The molecular formula is C14H25N5O. The number of nitrogens with one attached hydrogen (secondary N) is 3. The molecule has 0 saturated heterocycles. The van der Waals surface area contributed by atoms with Gasteiger partial charge in [0.25, 0.3) is 0 Å². The lowest BCUT2D eigenvalue weighted by Crippen LogP contribution is -2.35. The van der Waals surface area contributed by atoms with Gasteiger partial charge in [-0.3, -0.25) is 4.79 Å². The second-order valence-corrected chi connectivity index (χ2v) is 5.26. The molecule has 0 unspecified atom stereocenters. The molecule has 0 radical (unpaired) electrons. The molecule has 20 heavy (non-hydrogen) atoms. The van der Waals surface area contributed by atoms with Crippen LogP contribution in [0.5, 0.6) is 0 Å². The van der Waals surface area contributed by atoms with E-state index in [-0.39, 0.29) is 24.4 Å². The highest BCUT2D eigenvalue weighted by Gasteiger charge is 2.09. The number of aromatic nitrogens is 2. The first kappa shape index (κ1) is 16.2. The largest absolute Gasteiger partial charge is 0.370 e. The van der Waals surface area contributed by atoms with Crippen molar-refractivity contribution in [2.75, 3.05) is 23.7 Å². The first-order valence-electron chi connectivity index (χ1n) is 7.08. The van der Waals surface area contributed by atoms with Gasteiger partial charge in [0.05, 0.1) is 6.54 Å². The fraction of sp³-hybridized carbons (Fsp3) is 0.643. The van der Waals surface area contributed by atoms with Crippen molar-refractivity contribution in [3.63, 3.8) is 0 Å². The van der Waals surface area contributed by atoms with Crippen LogP contribution in [0.3, 0.4) is 0 Å². The number of anilines is 2. The number of hydrogen-bond donors (Lipinski definition) is 3. The predicted octanol–water partition coefficient (Wildman–Crippen LogP) is 1.97. The fourth-order valence-electron chi connectivity index (χ4n) is 1.63. The molecule has 0 aliphatic rings. The van der Waals surface area contributed by atoms with Crippen molar-refractivity contribution < 1.29 is 4.79 Å². The molecule has 1 rings (SSSR count). The maximum absolute atomic E-state index is 11.6. The van der Waals surface area contributed by atoms with Gasteiger partial charge in [-0.05, 0) is 20.8 Å². The molecule has 0 spiro atoms. The third-order valence-electron chi connectivity index (χ3n) is 2.50. The van der Waals surface area contributed by atoms with Crippen LogP contribution in [0.2, 0.25) is 0 Å². The molecule has 0 aliphatic heterocycles. The molecule has 0 saturated carbocycles. The van der Waals surface area contributed by atoms with Gasteiger partial charge in [-0.25, -0.2) is 9.97 Å². The lowest BCUT2D eigenvalue weighted by Gasteiger charge is -2.13. The average molecular weight is 279 g/mol. The van der Waals surface area contributed by atoms with E-state index < -0.39 is 0 Å². The molecule has 1 heterocycles. The Bertz CT molecular complexity index is 445. The zero-order chi connectivity index (χ0) is 15.1. The third-order valence-corrected chi connectivity index (χ3v) is 2.50. The Balaban J connectivity index is 2.75. The first-order chi connectivity index (χ1) is 9.42. The Morgan fingerprint density at radius 3 is 2.25 bits per heavy atom. The molecule has 1 amide bonds. The van der Waals surface area contributed by atoms with Gasteiger partial charge in [0.15, 0.2) is 0 Å². The summed E-state index contributed by atoms with van der Waals surface area (Å²) in [4.78, 5) is 20.5. The van der Waals surface area contributed by atoms with Gasteiger partial charge in [-0.1, -0.05) is 13.8 Å². The fourth-order valence-corrected chi connectivity index (χ4v) is 1.63. The molecule has 1 aromatic rings. The zero-order valence-corrected chi connectivity index (χ0v) is 12.9. The number of nitrogens with zero attached hydrogens (tertiary/aromatic N) is 2. The summed E-state index contributed by atoms with van der Waals surface area (Å²) in [6.45, 7) is 11.0. The second kappa shape index (κ2) is 7.67. The standard InChI is InChI=1S/C14H25N5O/c1-6-15-11-7-12(19-14(18-11)9(2)3)16-8-13(20)17-10(4)5/h7,9-10H,6,8H2,1-5H3,(H,17,20)(H2,15,16,18,19). The quantitative estimate of drug-likeness (QED) is 0.711. The molecule has 0 aromatic carbocycles. The smallest absolute Gasteiger partial charge is 0.239 e. The Hall–Kier alpha value is -1.85. The maximum atomic E-state index is 11.6. The average Bonchev–Trinajstić information content (AvgIpc) is 2.35. The van der Waals surface area contributed by atoms with Crippen molar-refractivity contribution in [2.24, 2.45) is 0 Å². The Morgan fingerprint density at radius 2 is 1.75 bits per heavy atom. The van der Waals surface area contributed by atoms with E-state index in [0.29, 0.717) is 5.82 Å². The molecule has 0 bridgehead atoms. The summed E-state index contributed by atoms with van der Waals surface area (Å²) in [6, 6.07) is 1.95. The second-order valence-electron chi connectivity index (χ2n) is 5.26. The topological polar surface area (TPSA) is 78.9 Å². The Labute approximate surface area is 120 Å². The molecule has 0 fully saturated rings. The minimum Gasteiger partial charge on any atom is -0.370 e. The SMILES string of the molecule is CCNc1cc(NCC(=O)NC(C)C)nc(C(C)C)n1. The van der Waals surface area contributed by atoms with E-state index in [4.69, 9.17) is 0 Å². The summed E-state index contributed by atoms with van der Waals surface area (Å²) in [5, 5.41) is 9.04. The highest BCUT2D eigenvalue weighted by atomic mass is 16.1. The molecule has 1 aromatic heterocycles. The predicted molar refractivity (Wildman–Crippen MR) is 82.1 cm³/mol. The van der Waals surface area contributed by atoms with Gasteiger partial charge in [0.1, 0.15) is 17.5 Å². The number of carbonyl (C=O) groups excluding carboxylic acids is 1. The van der Waals surface area contributed by atoms with Crippen LogP contribution in [0.4, 0.5) is 11.6 Å². The molecule has 112 valence electrons. The summed E-state index contributed by atoms with van der Waals surface area (Å²) in [5.74, 6) is 2.39. The van der Waals surface area contributed by atoms with Crippen molar-refractivity contribution in [1.82, 2.24) is 15.3 Å². The summed E-state index contributed by atoms with van der Waals surface area (Å²) < 4.78 is 0. The van der Waals surface area contributed by atoms with Crippen LogP contribution < -0.4 is 16.0 Å². The van der Waals surface area contributed by atoms with Crippen LogP contribution in [0, 0.1) is 0 Å². The van der Waals surface area contributed by atoms with Crippen molar-refractivity contribution >= 4 is 17.5 Å². The molecular weight excluding hydrogens is 254 g/mol. The minimum atomic E-state index is -0.0466. The van der Waals surface area contributed by atoms with Gasteiger partial charge in [-0.15, -0.1) is 0 Å². The normalized spacial score (nSPS) is 10.8. The molecule has 3 N–H and O–H groups in total. The van der Waals surface area contributed by atoms with Crippen molar-refractivity contribution in [3.8, 4) is 0 Å². The Morgan fingerprint density at radius 1 is 1.15 bits per heavy atom. The van der Waals surface area contributed by atoms with E-state index >= 15 is 0 Å². The van der Waals surface area contributed by atoms with Crippen molar-refractivity contribution in [3.05, 3.63) is 11.9 Å². The zero-order valence-electron chi connectivity index (χ0n) is 12.9. The van der Waals surface area contributed by atoms with E-state index in [1.54, 1.807) is 0 Å². The molecule has 0 aliphatic carbocycles. The number of amides is 1.